The maximum absolute atomic E-state index is 12.5. The zero-order chi connectivity index (χ0) is 16.4. The molecule has 0 aliphatic carbocycles. The predicted octanol–water partition coefficient (Wildman–Crippen LogP) is 3.40. The number of carbonyl (C=O) groups excluding carboxylic acids is 2. The Kier molecular flexibility index (Phi) is 3.98. The van der Waals surface area contributed by atoms with Gasteiger partial charge in [0.1, 0.15) is 5.70 Å². The molecule has 0 saturated carbocycles. The molecule has 0 aromatic heterocycles. The first-order valence-corrected chi connectivity index (χ1v) is 7.50. The number of hydrogen-bond acceptors (Lipinski definition) is 2. The molecule has 4 nitrogen and oxygen atoms in total. The van der Waals surface area contributed by atoms with Crippen LogP contribution in [0.25, 0.3) is 6.08 Å². The molecule has 23 heavy (non-hydrogen) atoms. The van der Waals surface area contributed by atoms with E-state index in [4.69, 9.17) is 0 Å². The highest BCUT2D eigenvalue weighted by Crippen LogP contribution is 2.18. The minimum absolute atomic E-state index is 0.274. The summed E-state index contributed by atoms with van der Waals surface area (Å²) in [5, 5.41) is 2.66. The van der Waals surface area contributed by atoms with Crippen molar-refractivity contribution in [1.29, 1.82) is 0 Å². The Morgan fingerprint density at radius 2 is 1.70 bits per heavy atom. The predicted molar refractivity (Wildman–Crippen MR) is 89.4 cm³/mol. The van der Waals surface area contributed by atoms with E-state index in [-0.39, 0.29) is 18.5 Å². The number of hydrogen-bond donors (Lipinski definition) is 1. The minimum Gasteiger partial charge on any atom is -0.303 e. The number of amides is 3. The molecule has 3 amide bonds. The van der Waals surface area contributed by atoms with Gasteiger partial charge in [-0.1, -0.05) is 54.1 Å². The molecule has 0 radical (unpaired) electrons. The summed E-state index contributed by atoms with van der Waals surface area (Å²) in [5.74, 6) is -0.293. The Balaban J connectivity index is 1.82. The topological polar surface area (TPSA) is 49.4 Å². The normalized spacial score (nSPS) is 16.1. The molecule has 0 unspecified atom stereocenters. The Morgan fingerprint density at radius 1 is 1.00 bits per heavy atom. The van der Waals surface area contributed by atoms with Gasteiger partial charge in [-0.15, -0.1) is 0 Å². The molecular formula is C19H18N2O2. The van der Waals surface area contributed by atoms with Gasteiger partial charge < -0.3 is 5.32 Å². The summed E-state index contributed by atoms with van der Waals surface area (Å²) in [6, 6.07) is 15.2. The van der Waals surface area contributed by atoms with Crippen molar-refractivity contribution in [3.8, 4) is 0 Å². The van der Waals surface area contributed by atoms with Crippen LogP contribution in [0.15, 0.2) is 54.2 Å². The van der Waals surface area contributed by atoms with Crippen LogP contribution in [0.5, 0.6) is 0 Å². The van der Waals surface area contributed by atoms with E-state index >= 15 is 0 Å². The van der Waals surface area contributed by atoms with Crippen molar-refractivity contribution in [2.75, 3.05) is 0 Å². The molecule has 2 aromatic rings. The minimum atomic E-state index is -0.379. The molecule has 1 heterocycles. The SMILES string of the molecule is Cc1ccc(CN2C(=O)N/C(=C\c3ccccc3C)C2=O)cc1. The molecule has 0 atom stereocenters. The molecule has 0 bridgehead atoms. The molecule has 1 aliphatic heterocycles. The maximum Gasteiger partial charge on any atom is 0.329 e. The number of nitrogens with zero attached hydrogens (tertiary/aromatic N) is 1. The first kappa shape index (κ1) is 15.0. The number of rotatable bonds is 3. The first-order chi connectivity index (χ1) is 11.0. The number of carbonyl (C=O) groups is 2. The fourth-order valence-electron chi connectivity index (χ4n) is 2.50. The van der Waals surface area contributed by atoms with Crippen molar-refractivity contribution in [3.05, 3.63) is 76.5 Å². The fourth-order valence-corrected chi connectivity index (χ4v) is 2.50. The lowest BCUT2D eigenvalue weighted by molar-refractivity contribution is -0.123. The smallest absolute Gasteiger partial charge is 0.303 e. The van der Waals surface area contributed by atoms with Crippen molar-refractivity contribution in [2.45, 2.75) is 20.4 Å². The summed E-state index contributed by atoms with van der Waals surface area (Å²) in [5.41, 5.74) is 4.37. The Bertz CT molecular complexity index is 791. The second-order valence-electron chi connectivity index (χ2n) is 5.72. The highest BCUT2D eigenvalue weighted by Gasteiger charge is 2.33. The standard InChI is InChI=1S/C19H18N2O2/c1-13-7-9-15(10-8-13)12-21-18(22)17(20-19(21)23)11-16-6-4-3-5-14(16)2/h3-11H,12H2,1-2H3,(H,20,23)/b17-11-. The van der Waals surface area contributed by atoms with Gasteiger partial charge in [-0.3, -0.25) is 9.69 Å². The second-order valence-corrected chi connectivity index (χ2v) is 5.72. The van der Waals surface area contributed by atoms with E-state index in [2.05, 4.69) is 5.32 Å². The van der Waals surface area contributed by atoms with Crippen LogP contribution in [0.1, 0.15) is 22.3 Å². The van der Waals surface area contributed by atoms with Crippen LogP contribution < -0.4 is 5.32 Å². The van der Waals surface area contributed by atoms with Crippen molar-refractivity contribution in [1.82, 2.24) is 10.2 Å². The lowest BCUT2D eigenvalue weighted by Gasteiger charge is -2.11. The number of aryl methyl sites for hydroxylation is 2. The van der Waals surface area contributed by atoms with E-state index in [1.165, 1.54) is 4.90 Å². The summed E-state index contributed by atoms with van der Waals surface area (Å²) in [6.45, 7) is 4.24. The van der Waals surface area contributed by atoms with Crippen molar-refractivity contribution < 1.29 is 9.59 Å². The summed E-state index contributed by atoms with van der Waals surface area (Å²) in [4.78, 5) is 25.8. The lowest BCUT2D eigenvalue weighted by Crippen LogP contribution is -2.30. The van der Waals surface area contributed by atoms with Crippen molar-refractivity contribution in [2.24, 2.45) is 0 Å². The van der Waals surface area contributed by atoms with Crippen LogP contribution in [0.4, 0.5) is 4.79 Å². The third-order valence-corrected chi connectivity index (χ3v) is 3.91. The van der Waals surface area contributed by atoms with E-state index in [1.807, 2.05) is 62.4 Å². The average molecular weight is 306 g/mol. The summed E-state index contributed by atoms with van der Waals surface area (Å²) in [7, 11) is 0. The van der Waals surface area contributed by atoms with E-state index < -0.39 is 0 Å². The summed E-state index contributed by atoms with van der Waals surface area (Å²) in [6.07, 6.45) is 1.73. The van der Waals surface area contributed by atoms with Crippen LogP contribution >= 0.6 is 0 Å². The van der Waals surface area contributed by atoms with E-state index in [9.17, 15) is 9.59 Å². The Labute approximate surface area is 135 Å². The van der Waals surface area contributed by atoms with Gasteiger partial charge in [0.25, 0.3) is 5.91 Å². The molecule has 116 valence electrons. The van der Waals surface area contributed by atoms with Crippen LogP contribution in [0, 0.1) is 13.8 Å². The van der Waals surface area contributed by atoms with E-state index in [0.717, 1.165) is 22.3 Å². The fraction of sp³-hybridized carbons (Fsp3) is 0.158. The third kappa shape index (κ3) is 3.16. The van der Waals surface area contributed by atoms with Gasteiger partial charge >= 0.3 is 6.03 Å². The molecule has 1 saturated heterocycles. The van der Waals surface area contributed by atoms with E-state index in [0.29, 0.717) is 5.70 Å². The Hall–Kier alpha value is -2.88. The maximum atomic E-state index is 12.5. The highest BCUT2D eigenvalue weighted by atomic mass is 16.2. The zero-order valence-electron chi connectivity index (χ0n) is 13.2. The van der Waals surface area contributed by atoms with Gasteiger partial charge in [0.05, 0.1) is 6.54 Å². The van der Waals surface area contributed by atoms with E-state index in [1.54, 1.807) is 6.08 Å². The molecule has 1 N–H and O–H groups in total. The number of benzene rings is 2. The quantitative estimate of drug-likeness (QED) is 0.698. The zero-order valence-corrected chi connectivity index (χ0v) is 13.2. The van der Waals surface area contributed by atoms with Gasteiger partial charge in [-0.25, -0.2) is 4.79 Å². The molecule has 1 aliphatic rings. The third-order valence-electron chi connectivity index (χ3n) is 3.91. The van der Waals surface area contributed by atoms with Gasteiger partial charge in [0.2, 0.25) is 0 Å². The van der Waals surface area contributed by atoms with Gasteiger partial charge in [0, 0.05) is 0 Å². The second kappa shape index (κ2) is 6.08. The van der Waals surface area contributed by atoms with Crippen LogP contribution in [-0.2, 0) is 11.3 Å². The monoisotopic (exact) mass is 306 g/mol. The Morgan fingerprint density at radius 3 is 2.39 bits per heavy atom. The molecule has 0 spiro atoms. The van der Waals surface area contributed by atoms with Crippen LogP contribution in [0.2, 0.25) is 0 Å². The summed E-state index contributed by atoms with van der Waals surface area (Å²) < 4.78 is 0. The van der Waals surface area contributed by atoms with Gasteiger partial charge in [-0.2, -0.15) is 0 Å². The first-order valence-electron chi connectivity index (χ1n) is 7.50. The number of imide groups is 1. The average Bonchev–Trinajstić information content (AvgIpc) is 2.79. The van der Waals surface area contributed by atoms with Gasteiger partial charge in [0.15, 0.2) is 0 Å². The summed E-state index contributed by atoms with van der Waals surface area (Å²) >= 11 is 0. The van der Waals surface area contributed by atoms with Crippen molar-refractivity contribution >= 4 is 18.0 Å². The molecule has 4 heteroatoms. The molecular weight excluding hydrogens is 288 g/mol. The molecule has 1 fully saturated rings. The lowest BCUT2D eigenvalue weighted by atomic mass is 10.1. The number of nitrogens with one attached hydrogen (secondary N) is 1. The van der Waals surface area contributed by atoms with Crippen LogP contribution in [0.3, 0.4) is 0 Å². The molecule has 2 aromatic carbocycles. The van der Waals surface area contributed by atoms with Crippen LogP contribution in [-0.4, -0.2) is 16.8 Å². The highest BCUT2D eigenvalue weighted by molar-refractivity contribution is 6.13. The van der Waals surface area contributed by atoms with Gasteiger partial charge in [-0.05, 0) is 36.6 Å². The van der Waals surface area contributed by atoms with Crippen molar-refractivity contribution in [3.63, 3.8) is 0 Å². The molecule has 3 rings (SSSR count). The largest absolute Gasteiger partial charge is 0.329 e. The number of urea groups is 1.